The summed E-state index contributed by atoms with van der Waals surface area (Å²) in [4.78, 5) is 4.51. The number of rotatable bonds is 6. The van der Waals surface area contributed by atoms with Gasteiger partial charge in [-0.05, 0) is 54.8 Å². The van der Waals surface area contributed by atoms with Crippen molar-refractivity contribution in [3.8, 4) is 11.5 Å². The van der Waals surface area contributed by atoms with Gasteiger partial charge in [-0.2, -0.15) is 0 Å². The van der Waals surface area contributed by atoms with Crippen molar-refractivity contribution in [2.24, 2.45) is 4.99 Å². The minimum atomic E-state index is -0.440. The quantitative estimate of drug-likeness (QED) is 0.370. The van der Waals surface area contributed by atoms with E-state index < -0.39 is 11.6 Å². The zero-order valence-electron chi connectivity index (χ0n) is 14.9. The molecule has 3 rings (SSSR count). The molecule has 0 bridgehead atoms. The van der Waals surface area contributed by atoms with Crippen LogP contribution < -0.4 is 20.1 Å². The van der Waals surface area contributed by atoms with Crippen molar-refractivity contribution in [2.75, 3.05) is 19.9 Å². The Morgan fingerprint density at radius 1 is 1.07 bits per heavy atom. The van der Waals surface area contributed by atoms with Crippen LogP contribution >= 0.6 is 24.0 Å². The van der Waals surface area contributed by atoms with Crippen molar-refractivity contribution in [3.63, 3.8) is 0 Å². The van der Waals surface area contributed by atoms with E-state index in [0.29, 0.717) is 37.6 Å². The van der Waals surface area contributed by atoms with E-state index in [4.69, 9.17) is 9.47 Å². The maximum Gasteiger partial charge on any atom is 0.231 e. The van der Waals surface area contributed by atoms with E-state index in [1.165, 1.54) is 6.07 Å². The highest BCUT2D eigenvalue weighted by Gasteiger charge is 2.13. The van der Waals surface area contributed by atoms with Crippen molar-refractivity contribution in [3.05, 3.63) is 59.2 Å². The maximum absolute atomic E-state index is 13.7. The Morgan fingerprint density at radius 3 is 2.70 bits per heavy atom. The summed E-state index contributed by atoms with van der Waals surface area (Å²) in [5, 5.41) is 6.26. The largest absolute Gasteiger partial charge is 0.454 e. The van der Waals surface area contributed by atoms with Gasteiger partial charge < -0.3 is 20.1 Å². The predicted molar refractivity (Wildman–Crippen MR) is 111 cm³/mol. The molecular formula is C19H22F2IN3O2. The third-order valence-electron chi connectivity index (χ3n) is 3.90. The molecule has 0 amide bonds. The van der Waals surface area contributed by atoms with Crippen LogP contribution in [0, 0.1) is 11.6 Å². The Balaban J connectivity index is 0.00000261. The summed E-state index contributed by atoms with van der Waals surface area (Å²) >= 11 is 0. The van der Waals surface area contributed by atoms with E-state index in [2.05, 4.69) is 15.6 Å². The number of hydrogen-bond acceptors (Lipinski definition) is 3. The fraction of sp³-hybridized carbons (Fsp3) is 0.316. The molecule has 146 valence electrons. The molecule has 0 radical (unpaired) electrons. The molecule has 0 atom stereocenters. The average Bonchev–Trinajstić information content (AvgIpc) is 3.10. The molecule has 2 aromatic rings. The van der Waals surface area contributed by atoms with Gasteiger partial charge in [0.2, 0.25) is 6.79 Å². The molecule has 1 aliphatic heterocycles. The van der Waals surface area contributed by atoms with Crippen molar-refractivity contribution in [2.45, 2.75) is 19.9 Å². The first-order valence-corrected chi connectivity index (χ1v) is 8.50. The van der Waals surface area contributed by atoms with Crippen LogP contribution in [0.1, 0.15) is 18.1 Å². The second kappa shape index (κ2) is 10.3. The average molecular weight is 489 g/mol. The number of nitrogens with one attached hydrogen (secondary N) is 2. The van der Waals surface area contributed by atoms with Gasteiger partial charge in [0.15, 0.2) is 17.5 Å². The Morgan fingerprint density at radius 2 is 1.89 bits per heavy atom. The number of halogens is 3. The second-order valence-corrected chi connectivity index (χ2v) is 5.80. The van der Waals surface area contributed by atoms with Crippen LogP contribution in [-0.2, 0) is 13.0 Å². The van der Waals surface area contributed by atoms with E-state index in [1.54, 1.807) is 0 Å². The molecule has 2 N–H and O–H groups in total. The molecule has 0 fully saturated rings. The standard InChI is InChI=1S/C19H21F2N3O2.HI/c1-2-22-19(23-8-7-14-10-15(20)4-5-16(14)21)24-11-13-3-6-17-18(9-13)26-12-25-17;/h3-6,9-10H,2,7-8,11-12H2,1H3,(H2,22,23,24);1H. The molecule has 0 aromatic heterocycles. The van der Waals surface area contributed by atoms with Crippen molar-refractivity contribution < 1.29 is 18.3 Å². The van der Waals surface area contributed by atoms with Gasteiger partial charge >= 0.3 is 0 Å². The van der Waals surface area contributed by atoms with Gasteiger partial charge in [0, 0.05) is 13.1 Å². The Bertz CT molecular complexity index is 803. The number of nitrogens with zero attached hydrogens (tertiary/aromatic N) is 1. The predicted octanol–water partition coefficient (Wildman–Crippen LogP) is 3.61. The van der Waals surface area contributed by atoms with Gasteiger partial charge in [-0.3, -0.25) is 0 Å². The minimum Gasteiger partial charge on any atom is -0.454 e. The Hall–Kier alpha value is -2.10. The van der Waals surface area contributed by atoms with Crippen molar-refractivity contribution >= 4 is 29.9 Å². The molecule has 0 aliphatic carbocycles. The molecule has 0 unspecified atom stereocenters. The maximum atomic E-state index is 13.7. The van der Waals surface area contributed by atoms with Gasteiger partial charge in [-0.15, -0.1) is 24.0 Å². The van der Waals surface area contributed by atoms with Crippen LogP contribution in [0.5, 0.6) is 11.5 Å². The van der Waals surface area contributed by atoms with E-state index in [-0.39, 0.29) is 30.8 Å². The van der Waals surface area contributed by atoms with Crippen LogP contribution in [0.3, 0.4) is 0 Å². The molecule has 1 aliphatic rings. The highest BCUT2D eigenvalue weighted by atomic mass is 127. The van der Waals surface area contributed by atoms with Gasteiger partial charge in [0.1, 0.15) is 11.6 Å². The van der Waals surface area contributed by atoms with Gasteiger partial charge in [0.05, 0.1) is 6.54 Å². The lowest BCUT2D eigenvalue weighted by Gasteiger charge is -2.12. The lowest BCUT2D eigenvalue weighted by Crippen LogP contribution is -2.38. The number of hydrogen-bond donors (Lipinski definition) is 2. The number of guanidine groups is 1. The summed E-state index contributed by atoms with van der Waals surface area (Å²) in [7, 11) is 0. The summed E-state index contributed by atoms with van der Waals surface area (Å²) in [5.74, 6) is 1.22. The van der Waals surface area contributed by atoms with E-state index >= 15 is 0 Å². The van der Waals surface area contributed by atoms with Crippen LogP contribution in [0.4, 0.5) is 8.78 Å². The Labute approximate surface area is 174 Å². The molecule has 8 heteroatoms. The number of benzene rings is 2. The molecule has 2 aromatic carbocycles. The fourth-order valence-corrected chi connectivity index (χ4v) is 2.60. The molecule has 27 heavy (non-hydrogen) atoms. The van der Waals surface area contributed by atoms with Gasteiger partial charge in [-0.1, -0.05) is 6.07 Å². The molecule has 0 spiro atoms. The Kier molecular flexibility index (Phi) is 8.08. The highest BCUT2D eigenvalue weighted by Crippen LogP contribution is 2.32. The van der Waals surface area contributed by atoms with Gasteiger partial charge in [-0.25, -0.2) is 13.8 Å². The van der Waals surface area contributed by atoms with Crippen molar-refractivity contribution in [1.29, 1.82) is 0 Å². The summed E-state index contributed by atoms with van der Waals surface area (Å²) in [6, 6.07) is 9.17. The fourth-order valence-electron chi connectivity index (χ4n) is 2.60. The topological polar surface area (TPSA) is 54.9 Å². The van der Waals surface area contributed by atoms with Crippen LogP contribution in [0.25, 0.3) is 0 Å². The third kappa shape index (κ3) is 5.95. The third-order valence-corrected chi connectivity index (χ3v) is 3.90. The molecule has 0 saturated carbocycles. The number of aliphatic imine (C=N–C) groups is 1. The summed E-state index contributed by atoms with van der Waals surface area (Å²) in [6.07, 6.45) is 0.359. The zero-order chi connectivity index (χ0) is 18.4. The molecule has 5 nitrogen and oxygen atoms in total. The zero-order valence-corrected chi connectivity index (χ0v) is 17.3. The van der Waals surface area contributed by atoms with Crippen LogP contribution in [0.15, 0.2) is 41.4 Å². The first kappa shape index (κ1) is 21.2. The normalized spacial score (nSPS) is 12.5. The van der Waals surface area contributed by atoms with Crippen molar-refractivity contribution in [1.82, 2.24) is 10.6 Å². The van der Waals surface area contributed by atoms with Gasteiger partial charge in [0.25, 0.3) is 0 Å². The monoisotopic (exact) mass is 489 g/mol. The highest BCUT2D eigenvalue weighted by molar-refractivity contribution is 14.0. The minimum absolute atomic E-state index is 0. The molecule has 1 heterocycles. The number of ether oxygens (including phenoxy) is 2. The lowest BCUT2D eigenvalue weighted by molar-refractivity contribution is 0.174. The summed E-state index contributed by atoms with van der Waals surface area (Å²) < 4.78 is 37.5. The first-order valence-electron chi connectivity index (χ1n) is 8.50. The van der Waals surface area contributed by atoms with E-state index in [1.807, 2.05) is 25.1 Å². The summed E-state index contributed by atoms with van der Waals surface area (Å²) in [5.41, 5.74) is 1.33. The van der Waals surface area contributed by atoms with E-state index in [0.717, 1.165) is 29.2 Å². The second-order valence-electron chi connectivity index (χ2n) is 5.80. The van der Waals surface area contributed by atoms with Crippen LogP contribution in [-0.4, -0.2) is 25.8 Å². The SMILES string of the molecule is CCNC(=NCc1ccc2c(c1)OCO2)NCCc1cc(F)ccc1F.I. The smallest absolute Gasteiger partial charge is 0.231 e. The number of fused-ring (bicyclic) bond motifs is 1. The molecular weight excluding hydrogens is 467 g/mol. The lowest BCUT2D eigenvalue weighted by atomic mass is 10.1. The van der Waals surface area contributed by atoms with Crippen LogP contribution in [0.2, 0.25) is 0 Å². The van der Waals surface area contributed by atoms with E-state index in [9.17, 15) is 8.78 Å². The first-order chi connectivity index (χ1) is 12.7. The summed E-state index contributed by atoms with van der Waals surface area (Å²) in [6.45, 7) is 3.79. The molecule has 0 saturated heterocycles.